The van der Waals surface area contributed by atoms with E-state index in [0.717, 1.165) is 6.42 Å². The molecule has 24 heavy (non-hydrogen) atoms. The van der Waals surface area contributed by atoms with Crippen molar-refractivity contribution in [2.75, 3.05) is 26.2 Å². The molecule has 7 nitrogen and oxygen atoms in total. The molecule has 1 aliphatic heterocycles. The second-order valence-electron chi connectivity index (χ2n) is 6.19. The van der Waals surface area contributed by atoms with E-state index in [1.807, 2.05) is 25.7 Å². The minimum atomic E-state index is -0.179. The van der Waals surface area contributed by atoms with Crippen molar-refractivity contribution in [3.63, 3.8) is 0 Å². The third kappa shape index (κ3) is 4.99. The number of amides is 2. The standard InChI is InChI=1S/C17H26N4O3/c1-4-8-20(17(23)15-10-18-6-7-19-15)9-5-16(22)21-11-13(2)24-14(3)12-21/h6-7,10,13-14H,4-5,8-9,11-12H2,1-3H3/t13-,14+. The number of morpholine rings is 1. The maximum Gasteiger partial charge on any atom is 0.274 e. The number of hydrogen-bond acceptors (Lipinski definition) is 5. The Balaban J connectivity index is 1.93. The van der Waals surface area contributed by atoms with Crippen LogP contribution < -0.4 is 0 Å². The van der Waals surface area contributed by atoms with Crippen LogP contribution in [0.4, 0.5) is 0 Å². The summed E-state index contributed by atoms with van der Waals surface area (Å²) in [6, 6.07) is 0. The molecule has 1 saturated heterocycles. The zero-order valence-corrected chi connectivity index (χ0v) is 14.6. The van der Waals surface area contributed by atoms with E-state index in [9.17, 15) is 9.59 Å². The Bertz CT molecular complexity index is 542. The second kappa shape index (κ2) is 8.73. The predicted molar refractivity (Wildman–Crippen MR) is 89.4 cm³/mol. The number of aromatic nitrogens is 2. The third-order valence-corrected chi connectivity index (χ3v) is 3.93. The average Bonchev–Trinajstić information content (AvgIpc) is 2.57. The van der Waals surface area contributed by atoms with Crippen LogP contribution >= 0.6 is 0 Å². The first-order valence-corrected chi connectivity index (χ1v) is 8.49. The largest absolute Gasteiger partial charge is 0.372 e. The molecule has 132 valence electrons. The van der Waals surface area contributed by atoms with Crippen LogP contribution in [0, 0.1) is 0 Å². The van der Waals surface area contributed by atoms with E-state index in [1.54, 1.807) is 4.90 Å². The first-order chi connectivity index (χ1) is 11.5. The Morgan fingerprint density at radius 2 is 1.96 bits per heavy atom. The maximum absolute atomic E-state index is 12.5. The molecule has 1 aromatic rings. The molecule has 0 saturated carbocycles. The Kier molecular flexibility index (Phi) is 6.66. The lowest BCUT2D eigenvalue weighted by Gasteiger charge is -2.35. The Morgan fingerprint density at radius 3 is 2.54 bits per heavy atom. The van der Waals surface area contributed by atoms with Crippen molar-refractivity contribution >= 4 is 11.8 Å². The van der Waals surface area contributed by atoms with Crippen molar-refractivity contribution in [3.05, 3.63) is 24.3 Å². The summed E-state index contributed by atoms with van der Waals surface area (Å²) in [6.07, 6.45) is 5.72. The topological polar surface area (TPSA) is 75.6 Å². The number of ether oxygens (including phenoxy) is 1. The van der Waals surface area contributed by atoms with E-state index < -0.39 is 0 Å². The molecule has 0 spiro atoms. The first-order valence-electron chi connectivity index (χ1n) is 8.49. The molecule has 0 bridgehead atoms. The van der Waals surface area contributed by atoms with E-state index in [0.29, 0.717) is 38.3 Å². The van der Waals surface area contributed by atoms with Gasteiger partial charge in [-0.25, -0.2) is 4.98 Å². The normalized spacial score (nSPS) is 20.7. The van der Waals surface area contributed by atoms with Gasteiger partial charge in [0.15, 0.2) is 0 Å². The summed E-state index contributed by atoms with van der Waals surface area (Å²) >= 11 is 0. The van der Waals surface area contributed by atoms with E-state index in [2.05, 4.69) is 9.97 Å². The van der Waals surface area contributed by atoms with Crippen molar-refractivity contribution in [3.8, 4) is 0 Å². The fourth-order valence-electron chi connectivity index (χ4n) is 2.93. The molecule has 0 aliphatic carbocycles. The lowest BCUT2D eigenvalue weighted by Crippen LogP contribution is -2.49. The van der Waals surface area contributed by atoms with Crippen molar-refractivity contribution in [2.24, 2.45) is 0 Å². The number of hydrogen-bond donors (Lipinski definition) is 0. The maximum atomic E-state index is 12.5. The molecule has 0 aromatic carbocycles. The van der Waals surface area contributed by atoms with Gasteiger partial charge in [-0.3, -0.25) is 14.6 Å². The fourth-order valence-corrected chi connectivity index (χ4v) is 2.93. The lowest BCUT2D eigenvalue weighted by atomic mass is 10.2. The van der Waals surface area contributed by atoms with E-state index >= 15 is 0 Å². The quantitative estimate of drug-likeness (QED) is 0.785. The zero-order chi connectivity index (χ0) is 17.5. The van der Waals surface area contributed by atoms with E-state index in [4.69, 9.17) is 4.74 Å². The molecular weight excluding hydrogens is 308 g/mol. The molecule has 1 fully saturated rings. The first kappa shape index (κ1) is 18.3. The molecule has 1 aromatic heterocycles. The highest BCUT2D eigenvalue weighted by Crippen LogP contribution is 2.12. The van der Waals surface area contributed by atoms with E-state index in [1.165, 1.54) is 18.6 Å². The monoisotopic (exact) mass is 334 g/mol. The molecule has 2 amide bonds. The van der Waals surface area contributed by atoms with Gasteiger partial charge in [0.2, 0.25) is 5.91 Å². The Hall–Kier alpha value is -2.02. The van der Waals surface area contributed by atoms with Crippen molar-refractivity contribution < 1.29 is 14.3 Å². The minimum Gasteiger partial charge on any atom is -0.372 e. The van der Waals surface area contributed by atoms with E-state index in [-0.39, 0.29) is 24.0 Å². The highest BCUT2D eigenvalue weighted by molar-refractivity contribution is 5.92. The van der Waals surface area contributed by atoms with Crippen LogP contribution in [0.5, 0.6) is 0 Å². The van der Waals surface area contributed by atoms with Gasteiger partial charge in [0.05, 0.1) is 18.4 Å². The van der Waals surface area contributed by atoms with Gasteiger partial charge in [0, 0.05) is 45.0 Å². The molecule has 1 aliphatic rings. The van der Waals surface area contributed by atoms with Crippen LogP contribution in [0.25, 0.3) is 0 Å². The van der Waals surface area contributed by atoms with Crippen LogP contribution in [0.2, 0.25) is 0 Å². The summed E-state index contributed by atoms with van der Waals surface area (Å²) in [5.41, 5.74) is 0.312. The van der Waals surface area contributed by atoms with Gasteiger partial charge in [-0.1, -0.05) is 6.92 Å². The summed E-state index contributed by atoms with van der Waals surface area (Å²) in [5.74, 6) is -0.119. The van der Waals surface area contributed by atoms with Crippen molar-refractivity contribution in [1.82, 2.24) is 19.8 Å². The predicted octanol–water partition coefficient (Wildman–Crippen LogP) is 1.35. The molecule has 2 rings (SSSR count). The zero-order valence-electron chi connectivity index (χ0n) is 14.6. The van der Waals surface area contributed by atoms with Gasteiger partial charge >= 0.3 is 0 Å². The average molecular weight is 334 g/mol. The number of nitrogens with zero attached hydrogens (tertiary/aromatic N) is 4. The smallest absolute Gasteiger partial charge is 0.274 e. The van der Waals surface area contributed by atoms with Gasteiger partial charge in [-0.15, -0.1) is 0 Å². The number of rotatable bonds is 6. The summed E-state index contributed by atoms with van der Waals surface area (Å²) in [6.45, 7) is 8.14. The summed E-state index contributed by atoms with van der Waals surface area (Å²) in [7, 11) is 0. The molecule has 0 radical (unpaired) electrons. The summed E-state index contributed by atoms with van der Waals surface area (Å²) in [5, 5.41) is 0. The molecule has 0 N–H and O–H groups in total. The summed E-state index contributed by atoms with van der Waals surface area (Å²) < 4.78 is 5.65. The third-order valence-electron chi connectivity index (χ3n) is 3.93. The van der Waals surface area contributed by atoms with Crippen LogP contribution in [-0.4, -0.2) is 70.0 Å². The van der Waals surface area contributed by atoms with Gasteiger partial charge < -0.3 is 14.5 Å². The fraction of sp³-hybridized carbons (Fsp3) is 0.647. The van der Waals surface area contributed by atoms with Crippen LogP contribution in [0.15, 0.2) is 18.6 Å². The summed E-state index contributed by atoms with van der Waals surface area (Å²) in [4.78, 5) is 36.5. The highest BCUT2D eigenvalue weighted by atomic mass is 16.5. The van der Waals surface area contributed by atoms with Crippen LogP contribution in [0.3, 0.4) is 0 Å². The minimum absolute atomic E-state index is 0.0469. The Morgan fingerprint density at radius 1 is 1.25 bits per heavy atom. The molecular formula is C17H26N4O3. The molecule has 2 heterocycles. The van der Waals surface area contributed by atoms with Crippen molar-refractivity contribution in [1.29, 1.82) is 0 Å². The van der Waals surface area contributed by atoms with Gasteiger partial charge in [0.25, 0.3) is 5.91 Å². The van der Waals surface area contributed by atoms with Gasteiger partial charge in [-0.2, -0.15) is 0 Å². The van der Waals surface area contributed by atoms with Crippen LogP contribution in [-0.2, 0) is 9.53 Å². The van der Waals surface area contributed by atoms with Gasteiger partial charge in [-0.05, 0) is 20.3 Å². The number of carbonyl (C=O) groups is 2. The Labute approximate surface area is 143 Å². The SMILES string of the molecule is CCCN(CCC(=O)N1C[C@@H](C)O[C@@H](C)C1)C(=O)c1cnccn1. The van der Waals surface area contributed by atoms with Gasteiger partial charge in [0.1, 0.15) is 5.69 Å². The molecule has 0 unspecified atom stereocenters. The number of carbonyl (C=O) groups excluding carboxylic acids is 2. The van der Waals surface area contributed by atoms with Crippen LogP contribution in [0.1, 0.15) is 44.1 Å². The lowest BCUT2D eigenvalue weighted by molar-refractivity contribution is -0.143. The highest BCUT2D eigenvalue weighted by Gasteiger charge is 2.26. The molecule has 7 heteroatoms. The molecule has 2 atom stereocenters. The second-order valence-corrected chi connectivity index (χ2v) is 6.19. The van der Waals surface area contributed by atoms with Crippen molar-refractivity contribution in [2.45, 2.75) is 45.8 Å².